The number of rotatable bonds is 2. The fourth-order valence-electron chi connectivity index (χ4n) is 2.30. The van der Waals surface area contributed by atoms with E-state index in [0.29, 0.717) is 11.4 Å². The number of aliphatic hydroxyl groups is 1. The minimum atomic E-state index is -0.225. The van der Waals surface area contributed by atoms with Gasteiger partial charge in [-0.1, -0.05) is 31.1 Å². The number of pyridine rings is 1. The van der Waals surface area contributed by atoms with E-state index in [0.717, 1.165) is 12.8 Å². The molecule has 5 nitrogen and oxygen atoms in total. The summed E-state index contributed by atoms with van der Waals surface area (Å²) in [6.07, 6.45) is 7.28. The second kappa shape index (κ2) is 7.51. The van der Waals surface area contributed by atoms with Crippen LogP contribution in [0.5, 0.6) is 0 Å². The van der Waals surface area contributed by atoms with Gasteiger partial charge in [0.25, 0.3) is 0 Å². The van der Waals surface area contributed by atoms with E-state index in [1.165, 1.54) is 19.3 Å². The SMILES string of the molecule is O=C(Nc1cc(C#CCO)ccn1)NC1CCCCC1. The molecule has 1 aliphatic carbocycles. The van der Waals surface area contributed by atoms with Gasteiger partial charge in [0, 0.05) is 17.8 Å². The summed E-state index contributed by atoms with van der Waals surface area (Å²) < 4.78 is 0. The molecule has 0 unspecified atom stereocenters. The number of amides is 2. The van der Waals surface area contributed by atoms with Crippen LogP contribution in [0.3, 0.4) is 0 Å². The van der Waals surface area contributed by atoms with Crippen LogP contribution < -0.4 is 10.6 Å². The molecule has 0 spiro atoms. The predicted octanol–water partition coefficient (Wildman–Crippen LogP) is 1.88. The van der Waals surface area contributed by atoms with Crippen LogP contribution in [0.25, 0.3) is 0 Å². The Bertz CT molecular complexity index is 513. The van der Waals surface area contributed by atoms with Crippen LogP contribution in [0.15, 0.2) is 18.3 Å². The van der Waals surface area contributed by atoms with Gasteiger partial charge in [-0.3, -0.25) is 5.32 Å². The summed E-state index contributed by atoms with van der Waals surface area (Å²) in [5.74, 6) is 5.80. The summed E-state index contributed by atoms with van der Waals surface area (Å²) >= 11 is 0. The zero-order valence-electron chi connectivity index (χ0n) is 11.4. The van der Waals surface area contributed by atoms with Crippen molar-refractivity contribution < 1.29 is 9.90 Å². The summed E-state index contributed by atoms with van der Waals surface area (Å²) in [5, 5.41) is 14.3. The summed E-state index contributed by atoms with van der Waals surface area (Å²) in [4.78, 5) is 15.9. The van der Waals surface area contributed by atoms with Crippen LogP contribution in [0.4, 0.5) is 10.6 Å². The van der Waals surface area contributed by atoms with Gasteiger partial charge in [-0.15, -0.1) is 0 Å². The van der Waals surface area contributed by atoms with Crippen molar-refractivity contribution in [3.05, 3.63) is 23.9 Å². The Balaban J connectivity index is 1.90. The standard InChI is InChI=1S/C15H19N3O2/c19-10-4-5-12-8-9-16-14(11-12)18-15(20)17-13-6-2-1-3-7-13/h8-9,11,13,19H,1-3,6-7,10H2,(H2,16,17,18,20). The molecular formula is C15H19N3O2. The Morgan fingerprint density at radius 3 is 2.95 bits per heavy atom. The molecule has 2 amide bonds. The first-order chi connectivity index (χ1) is 9.78. The Morgan fingerprint density at radius 1 is 1.40 bits per heavy atom. The average molecular weight is 273 g/mol. The molecular weight excluding hydrogens is 254 g/mol. The summed E-state index contributed by atoms with van der Waals surface area (Å²) in [7, 11) is 0. The molecule has 1 aromatic rings. The summed E-state index contributed by atoms with van der Waals surface area (Å²) in [6, 6.07) is 3.45. The monoisotopic (exact) mass is 273 g/mol. The minimum absolute atomic E-state index is 0.187. The van der Waals surface area contributed by atoms with Crippen molar-refractivity contribution in [1.29, 1.82) is 0 Å². The van der Waals surface area contributed by atoms with Gasteiger partial charge in [-0.25, -0.2) is 9.78 Å². The lowest BCUT2D eigenvalue weighted by Crippen LogP contribution is -2.39. The van der Waals surface area contributed by atoms with Crippen LogP contribution in [0.1, 0.15) is 37.7 Å². The van der Waals surface area contributed by atoms with Gasteiger partial charge in [0.1, 0.15) is 12.4 Å². The number of hydrogen-bond donors (Lipinski definition) is 3. The maximum Gasteiger partial charge on any atom is 0.320 e. The third-order valence-electron chi connectivity index (χ3n) is 3.25. The number of anilines is 1. The fourth-order valence-corrected chi connectivity index (χ4v) is 2.30. The van der Waals surface area contributed by atoms with Gasteiger partial charge in [0.05, 0.1) is 0 Å². The average Bonchev–Trinajstić information content (AvgIpc) is 2.46. The van der Waals surface area contributed by atoms with Gasteiger partial charge >= 0.3 is 6.03 Å². The Kier molecular flexibility index (Phi) is 5.39. The molecule has 0 radical (unpaired) electrons. The lowest BCUT2D eigenvalue weighted by molar-refractivity contribution is 0.244. The van der Waals surface area contributed by atoms with Crippen molar-refractivity contribution >= 4 is 11.8 Å². The highest BCUT2D eigenvalue weighted by atomic mass is 16.2. The Hall–Kier alpha value is -2.06. The van der Waals surface area contributed by atoms with Crippen molar-refractivity contribution in [1.82, 2.24) is 10.3 Å². The van der Waals surface area contributed by atoms with E-state index < -0.39 is 0 Å². The third kappa shape index (κ3) is 4.56. The highest BCUT2D eigenvalue weighted by Crippen LogP contribution is 2.17. The van der Waals surface area contributed by atoms with Crippen molar-refractivity contribution in [3.8, 4) is 11.8 Å². The molecule has 0 saturated heterocycles. The summed E-state index contributed by atoms with van der Waals surface area (Å²) in [5.41, 5.74) is 0.710. The number of urea groups is 1. The van der Waals surface area contributed by atoms with Crippen LogP contribution >= 0.6 is 0 Å². The third-order valence-corrected chi connectivity index (χ3v) is 3.25. The number of nitrogens with zero attached hydrogens (tertiary/aromatic N) is 1. The number of hydrogen-bond acceptors (Lipinski definition) is 3. The molecule has 0 aliphatic heterocycles. The minimum Gasteiger partial charge on any atom is -0.384 e. The molecule has 106 valence electrons. The molecule has 3 N–H and O–H groups in total. The van der Waals surface area contributed by atoms with E-state index in [-0.39, 0.29) is 18.7 Å². The number of carbonyl (C=O) groups is 1. The van der Waals surface area contributed by atoms with Crippen LogP contribution in [0.2, 0.25) is 0 Å². The second-order valence-corrected chi connectivity index (χ2v) is 4.82. The largest absolute Gasteiger partial charge is 0.384 e. The zero-order chi connectivity index (χ0) is 14.2. The van der Waals surface area contributed by atoms with Crippen LogP contribution in [0, 0.1) is 11.8 Å². The first-order valence-corrected chi connectivity index (χ1v) is 6.91. The molecule has 0 bridgehead atoms. The molecule has 5 heteroatoms. The molecule has 1 aromatic heterocycles. The van der Waals surface area contributed by atoms with E-state index in [9.17, 15) is 4.79 Å². The summed E-state index contributed by atoms with van der Waals surface area (Å²) in [6.45, 7) is -0.187. The Labute approximate surface area is 118 Å². The lowest BCUT2D eigenvalue weighted by atomic mass is 9.96. The first kappa shape index (κ1) is 14.4. The van der Waals surface area contributed by atoms with E-state index in [1.54, 1.807) is 18.3 Å². The van der Waals surface area contributed by atoms with Crippen molar-refractivity contribution in [2.75, 3.05) is 11.9 Å². The van der Waals surface area contributed by atoms with E-state index in [1.807, 2.05) is 0 Å². The van der Waals surface area contributed by atoms with E-state index in [4.69, 9.17) is 5.11 Å². The maximum atomic E-state index is 11.9. The molecule has 0 aromatic carbocycles. The van der Waals surface area contributed by atoms with Gasteiger partial charge < -0.3 is 10.4 Å². The number of carbonyl (C=O) groups excluding carboxylic acids is 1. The number of nitrogens with one attached hydrogen (secondary N) is 2. The van der Waals surface area contributed by atoms with Gasteiger partial charge in [0.15, 0.2) is 0 Å². The van der Waals surface area contributed by atoms with E-state index >= 15 is 0 Å². The van der Waals surface area contributed by atoms with Gasteiger partial charge in [-0.2, -0.15) is 0 Å². The first-order valence-electron chi connectivity index (χ1n) is 6.91. The molecule has 0 atom stereocenters. The normalized spacial score (nSPS) is 15.1. The van der Waals surface area contributed by atoms with Gasteiger partial charge in [-0.05, 0) is 25.0 Å². The highest BCUT2D eigenvalue weighted by molar-refractivity contribution is 5.88. The molecule has 20 heavy (non-hydrogen) atoms. The maximum absolute atomic E-state index is 11.9. The van der Waals surface area contributed by atoms with Crippen molar-refractivity contribution in [2.45, 2.75) is 38.1 Å². The highest BCUT2D eigenvalue weighted by Gasteiger charge is 2.15. The second-order valence-electron chi connectivity index (χ2n) is 4.82. The molecule has 1 heterocycles. The Morgan fingerprint density at radius 2 is 2.20 bits per heavy atom. The number of aliphatic hydroxyl groups excluding tert-OH is 1. The van der Waals surface area contributed by atoms with Crippen molar-refractivity contribution in [3.63, 3.8) is 0 Å². The van der Waals surface area contributed by atoms with Gasteiger partial charge in [0.2, 0.25) is 0 Å². The topological polar surface area (TPSA) is 74.2 Å². The van der Waals surface area contributed by atoms with Crippen LogP contribution in [-0.4, -0.2) is 28.8 Å². The predicted molar refractivity (Wildman–Crippen MR) is 77.2 cm³/mol. The fraction of sp³-hybridized carbons (Fsp3) is 0.467. The molecule has 2 rings (SSSR count). The molecule has 1 aliphatic rings. The van der Waals surface area contributed by atoms with E-state index in [2.05, 4.69) is 27.5 Å². The van der Waals surface area contributed by atoms with Crippen LogP contribution in [-0.2, 0) is 0 Å². The smallest absolute Gasteiger partial charge is 0.320 e. The lowest BCUT2D eigenvalue weighted by Gasteiger charge is -2.22. The number of aromatic nitrogens is 1. The quantitative estimate of drug-likeness (QED) is 0.720. The molecule has 1 saturated carbocycles. The van der Waals surface area contributed by atoms with Crippen molar-refractivity contribution in [2.24, 2.45) is 0 Å². The molecule has 1 fully saturated rings. The zero-order valence-corrected chi connectivity index (χ0v) is 11.4.